The third-order valence-electron chi connectivity index (χ3n) is 3.17. The Morgan fingerprint density at radius 2 is 1.77 bits per heavy atom. The van der Waals surface area contributed by atoms with Crippen LogP contribution in [0.25, 0.3) is 0 Å². The largest absolute Gasteiger partial charge is 0.484 e. The molecule has 122 valence electrons. The van der Waals surface area contributed by atoms with E-state index < -0.39 is 6.04 Å². The van der Waals surface area contributed by atoms with Crippen molar-refractivity contribution >= 4 is 11.8 Å². The third-order valence-corrected chi connectivity index (χ3v) is 3.17. The standard InChI is InChI=1S/C17H26N2O3/c1-12(2)10-15(17(21)19(4)5)18-16(20)11-22-14-8-6-13(3)7-9-14/h6-9,12,15H,10-11H2,1-5H3,(H,18,20). The van der Waals surface area contributed by atoms with Crippen molar-refractivity contribution in [2.45, 2.75) is 33.2 Å². The summed E-state index contributed by atoms with van der Waals surface area (Å²) in [5.41, 5.74) is 1.13. The second-order valence-electron chi connectivity index (χ2n) is 6.08. The summed E-state index contributed by atoms with van der Waals surface area (Å²) in [6, 6.07) is 6.97. The minimum Gasteiger partial charge on any atom is -0.484 e. The molecule has 2 amide bonds. The average Bonchev–Trinajstić information content (AvgIpc) is 2.44. The van der Waals surface area contributed by atoms with Crippen LogP contribution >= 0.6 is 0 Å². The molecule has 1 rings (SSSR count). The van der Waals surface area contributed by atoms with Gasteiger partial charge in [-0.15, -0.1) is 0 Å². The molecular weight excluding hydrogens is 280 g/mol. The Bertz CT molecular complexity index is 495. The van der Waals surface area contributed by atoms with Gasteiger partial charge in [0.1, 0.15) is 11.8 Å². The first-order valence-corrected chi connectivity index (χ1v) is 7.49. The first kappa shape index (κ1) is 18.0. The van der Waals surface area contributed by atoms with Crippen molar-refractivity contribution in [3.05, 3.63) is 29.8 Å². The Kier molecular flexibility index (Phi) is 6.89. The van der Waals surface area contributed by atoms with Gasteiger partial charge in [0.05, 0.1) is 0 Å². The lowest BCUT2D eigenvalue weighted by atomic mass is 10.0. The SMILES string of the molecule is Cc1ccc(OCC(=O)NC(CC(C)C)C(=O)N(C)C)cc1. The van der Waals surface area contributed by atoms with Gasteiger partial charge in [0.15, 0.2) is 6.61 Å². The van der Waals surface area contributed by atoms with E-state index in [1.54, 1.807) is 14.1 Å². The Morgan fingerprint density at radius 1 is 1.18 bits per heavy atom. The summed E-state index contributed by atoms with van der Waals surface area (Å²) in [6.07, 6.45) is 0.604. The summed E-state index contributed by atoms with van der Waals surface area (Å²) < 4.78 is 5.43. The molecule has 0 aliphatic rings. The van der Waals surface area contributed by atoms with E-state index in [9.17, 15) is 9.59 Å². The molecule has 22 heavy (non-hydrogen) atoms. The lowest BCUT2D eigenvalue weighted by Gasteiger charge is -2.23. The number of nitrogens with zero attached hydrogens (tertiary/aromatic N) is 1. The monoisotopic (exact) mass is 306 g/mol. The van der Waals surface area contributed by atoms with Gasteiger partial charge in [-0.1, -0.05) is 31.5 Å². The van der Waals surface area contributed by atoms with Crippen molar-refractivity contribution in [3.8, 4) is 5.75 Å². The summed E-state index contributed by atoms with van der Waals surface area (Å²) in [4.78, 5) is 25.6. The van der Waals surface area contributed by atoms with Gasteiger partial charge in [-0.2, -0.15) is 0 Å². The van der Waals surface area contributed by atoms with Crippen LogP contribution in [-0.2, 0) is 9.59 Å². The molecule has 0 aromatic heterocycles. The predicted molar refractivity (Wildman–Crippen MR) is 86.8 cm³/mol. The van der Waals surface area contributed by atoms with E-state index >= 15 is 0 Å². The molecule has 0 fully saturated rings. The highest BCUT2D eigenvalue weighted by molar-refractivity contribution is 5.87. The zero-order valence-corrected chi connectivity index (χ0v) is 14.1. The van der Waals surface area contributed by atoms with E-state index in [0.717, 1.165) is 5.56 Å². The molecule has 1 N–H and O–H groups in total. The number of carbonyl (C=O) groups is 2. The number of aryl methyl sites for hydroxylation is 1. The number of benzene rings is 1. The van der Waals surface area contributed by atoms with Crippen molar-refractivity contribution in [1.82, 2.24) is 10.2 Å². The first-order chi connectivity index (χ1) is 10.3. The molecule has 1 unspecified atom stereocenters. The molecule has 1 atom stereocenters. The van der Waals surface area contributed by atoms with Crippen molar-refractivity contribution < 1.29 is 14.3 Å². The van der Waals surface area contributed by atoms with Crippen LogP contribution < -0.4 is 10.1 Å². The van der Waals surface area contributed by atoms with Crippen LogP contribution in [0.3, 0.4) is 0 Å². The van der Waals surface area contributed by atoms with Gasteiger partial charge in [-0.05, 0) is 31.4 Å². The van der Waals surface area contributed by atoms with E-state index in [1.807, 2.05) is 45.0 Å². The van der Waals surface area contributed by atoms with Crippen molar-refractivity contribution in [2.75, 3.05) is 20.7 Å². The van der Waals surface area contributed by atoms with Crippen molar-refractivity contribution in [2.24, 2.45) is 5.92 Å². The number of hydrogen-bond donors (Lipinski definition) is 1. The molecule has 5 nitrogen and oxygen atoms in total. The topological polar surface area (TPSA) is 58.6 Å². The van der Waals surface area contributed by atoms with Crippen molar-refractivity contribution in [3.63, 3.8) is 0 Å². The Balaban J connectivity index is 2.55. The molecule has 1 aromatic rings. The number of hydrogen-bond acceptors (Lipinski definition) is 3. The first-order valence-electron chi connectivity index (χ1n) is 7.49. The maximum atomic E-state index is 12.1. The lowest BCUT2D eigenvalue weighted by molar-refractivity contribution is -0.135. The summed E-state index contributed by atoms with van der Waals surface area (Å²) in [6.45, 7) is 5.92. The van der Waals surface area contributed by atoms with Gasteiger partial charge < -0.3 is 15.0 Å². The Labute approximate surface area is 132 Å². The highest BCUT2D eigenvalue weighted by atomic mass is 16.5. The molecule has 0 spiro atoms. The number of nitrogens with one attached hydrogen (secondary N) is 1. The summed E-state index contributed by atoms with van der Waals surface area (Å²) in [5.74, 6) is 0.561. The molecular formula is C17H26N2O3. The van der Waals surface area contributed by atoms with Crippen LogP contribution in [0.5, 0.6) is 5.75 Å². The molecule has 0 bridgehead atoms. The van der Waals surface area contributed by atoms with Crippen LogP contribution in [0.2, 0.25) is 0 Å². The van der Waals surface area contributed by atoms with Gasteiger partial charge in [0, 0.05) is 14.1 Å². The molecule has 0 radical (unpaired) electrons. The molecule has 0 saturated heterocycles. The van der Waals surface area contributed by atoms with Crippen LogP contribution in [-0.4, -0.2) is 43.5 Å². The van der Waals surface area contributed by atoms with Gasteiger partial charge in [0.2, 0.25) is 5.91 Å². The number of rotatable bonds is 7. The van der Waals surface area contributed by atoms with Crippen LogP contribution in [0.1, 0.15) is 25.8 Å². The van der Waals surface area contributed by atoms with Crippen molar-refractivity contribution in [1.29, 1.82) is 0 Å². The molecule has 0 aliphatic heterocycles. The maximum Gasteiger partial charge on any atom is 0.258 e. The van der Waals surface area contributed by atoms with Crippen LogP contribution in [0.15, 0.2) is 24.3 Å². The average molecular weight is 306 g/mol. The smallest absolute Gasteiger partial charge is 0.258 e. The lowest BCUT2D eigenvalue weighted by Crippen LogP contribution is -2.48. The minimum atomic E-state index is -0.510. The van der Waals surface area contributed by atoms with Gasteiger partial charge in [-0.25, -0.2) is 0 Å². The van der Waals surface area contributed by atoms with Gasteiger partial charge in [0.25, 0.3) is 5.91 Å². The second-order valence-corrected chi connectivity index (χ2v) is 6.08. The predicted octanol–water partition coefficient (Wildman–Crippen LogP) is 1.99. The van der Waals surface area contributed by atoms with Gasteiger partial charge in [-0.3, -0.25) is 9.59 Å². The summed E-state index contributed by atoms with van der Waals surface area (Å²) >= 11 is 0. The molecule has 0 aliphatic carbocycles. The summed E-state index contributed by atoms with van der Waals surface area (Å²) in [7, 11) is 3.37. The van der Waals surface area contributed by atoms with E-state index in [4.69, 9.17) is 4.74 Å². The van der Waals surface area contributed by atoms with E-state index in [0.29, 0.717) is 18.1 Å². The fourth-order valence-electron chi connectivity index (χ4n) is 2.02. The van der Waals surface area contributed by atoms with Crippen LogP contribution in [0.4, 0.5) is 0 Å². The fraction of sp³-hybridized carbons (Fsp3) is 0.529. The van der Waals surface area contributed by atoms with E-state index in [1.165, 1.54) is 4.90 Å². The zero-order chi connectivity index (χ0) is 16.7. The minimum absolute atomic E-state index is 0.0988. The second kappa shape index (κ2) is 8.41. The molecule has 0 saturated carbocycles. The highest BCUT2D eigenvalue weighted by Crippen LogP contribution is 2.11. The van der Waals surface area contributed by atoms with Crippen LogP contribution in [0, 0.1) is 12.8 Å². The normalized spacial score (nSPS) is 11.9. The number of ether oxygens (including phenoxy) is 1. The maximum absolute atomic E-state index is 12.1. The zero-order valence-electron chi connectivity index (χ0n) is 14.1. The van der Waals surface area contributed by atoms with E-state index in [-0.39, 0.29) is 18.4 Å². The quantitative estimate of drug-likeness (QED) is 0.838. The molecule has 1 aromatic carbocycles. The highest BCUT2D eigenvalue weighted by Gasteiger charge is 2.23. The Morgan fingerprint density at radius 3 is 2.27 bits per heavy atom. The summed E-state index contributed by atoms with van der Waals surface area (Å²) in [5, 5.41) is 2.76. The molecule has 0 heterocycles. The number of amides is 2. The Hall–Kier alpha value is -2.04. The van der Waals surface area contributed by atoms with E-state index in [2.05, 4.69) is 5.32 Å². The third kappa shape index (κ3) is 6.16. The number of carbonyl (C=O) groups excluding carboxylic acids is 2. The number of likely N-dealkylation sites (N-methyl/N-ethyl adjacent to an activating group) is 1. The van der Waals surface area contributed by atoms with Gasteiger partial charge >= 0.3 is 0 Å². The molecule has 5 heteroatoms. The fourth-order valence-corrected chi connectivity index (χ4v) is 2.02.